The Morgan fingerprint density at radius 2 is 1.11 bits per heavy atom. The van der Waals surface area contributed by atoms with Gasteiger partial charge in [0.2, 0.25) is 0 Å². The van der Waals surface area contributed by atoms with Gasteiger partial charge in [0.1, 0.15) is 5.25 Å². The van der Waals surface area contributed by atoms with E-state index < -0.39 is 39.7 Å². The molecule has 0 aliphatic rings. The molecule has 0 aromatic rings. The zero-order valence-corrected chi connectivity index (χ0v) is 28.8. The molecule has 0 spiro atoms. The molecule has 0 bridgehead atoms. The van der Waals surface area contributed by atoms with Crippen LogP contribution in [0.3, 0.4) is 0 Å². The summed E-state index contributed by atoms with van der Waals surface area (Å²) >= 11 is 0. The Balaban J connectivity index is -0.000000174. The largest absolute Gasteiger partial charge is 1.00 e. The van der Waals surface area contributed by atoms with Crippen LogP contribution in [0.2, 0.25) is 0 Å². The van der Waals surface area contributed by atoms with Crippen LogP contribution in [0.25, 0.3) is 0 Å². The van der Waals surface area contributed by atoms with Gasteiger partial charge in [0.25, 0.3) is 10.1 Å². The summed E-state index contributed by atoms with van der Waals surface area (Å²) in [6.45, 7) is 2.26. The monoisotopic (exact) mass is 546 g/mol. The number of allylic oxidation sites excluding steroid dienone is 2. The third-order valence-electron chi connectivity index (χ3n) is 4.62. The predicted octanol–water partition coefficient (Wildman–Crippen LogP) is -8.08. The van der Waals surface area contributed by atoms with Crippen LogP contribution in [0.1, 0.15) is 103 Å². The van der Waals surface area contributed by atoms with Crippen LogP contribution in [0.4, 0.5) is 0 Å². The van der Waals surface area contributed by atoms with Crippen molar-refractivity contribution in [3.63, 3.8) is 0 Å². The molecule has 13 heteroatoms. The molecule has 0 fully saturated rings. The Morgan fingerprint density at radius 3 is 1.43 bits per heavy atom. The zero-order valence-electron chi connectivity index (χ0n) is 22.0. The summed E-state index contributed by atoms with van der Waals surface area (Å²) < 4.78 is 28.5. The van der Waals surface area contributed by atoms with Crippen LogP contribution in [-0.2, 0) is 24.5 Å². The molecule has 0 radical (unpaired) electrons. The second-order valence-electron chi connectivity index (χ2n) is 7.61. The summed E-state index contributed by atoms with van der Waals surface area (Å²) in [4.78, 5) is 29.9. The van der Waals surface area contributed by atoms with E-state index in [-0.39, 0.29) is 95.1 Å². The summed E-state index contributed by atoms with van der Waals surface area (Å²) in [6.07, 6.45) is 19.6. The molecule has 0 amide bonds. The number of hydrogen-bond donors (Lipinski definition) is 1. The van der Waals surface area contributed by atoms with Gasteiger partial charge in [-0.05, 0) is 38.5 Å². The number of hydrogen-bond acceptors (Lipinski definition) is 8. The molecule has 0 aromatic heterocycles. The first-order chi connectivity index (χ1) is 15.0. The average molecular weight is 547 g/mol. The van der Waals surface area contributed by atoms with Crippen molar-refractivity contribution in [1.82, 2.24) is 0 Å². The van der Waals surface area contributed by atoms with Gasteiger partial charge in [0.15, 0.2) is 0 Å². The van der Waals surface area contributed by atoms with E-state index in [0.29, 0.717) is 0 Å². The molecule has 0 aliphatic carbocycles. The Bertz CT molecular complexity index is 657. The van der Waals surface area contributed by atoms with E-state index in [1.807, 2.05) is 0 Å². The van der Waals surface area contributed by atoms with Crippen molar-refractivity contribution in [1.29, 1.82) is 0 Å². The van der Waals surface area contributed by atoms with Crippen molar-refractivity contribution in [2.45, 2.75) is 108 Å². The number of aliphatic carboxylic acids is 3. The van der Waals surface area contributed by atoms with E-state index >= 15 is 0 Å². The fraction of sp³-hybridized carbons (Fsp3) is 0.773. The SMILES string of the molecule is CCCCCCCC/C=C\CCCCCCCC(=O)[O-].O=C([O-])CC(C(=O)[O-])S(=O)(=O)O.[Na+].[Na+].[Na+]. The van der Waals surface area contributed by atoms with Crippen LogP contribution < -0.4 is 104 Å². The molecular formula is C22H37Na3O9S. The van der Waals surface area contributed by atoms with Gasteiger partial charge >= 0.3 is 88.7 Å². The molecule has 35 heavy (non-hydrogen) atoms. The molecule has 0 saturated heterocycles. The zero-order chi connectivity index (χ0) is 24.8. The predicted molar refractivity (Wildman–Crippen MR) is 114 cm³/mol. The first-order valence-corrected chi connectivity index (χ1v) is 12.7. The van der Waals surface area contributed by atoms with Gasteiger partial charge in [0, 0.05) is 18.4 Å². The van der Waals surface area contributed by atoms with Gasteiger partial charge in [-0.2, -0.15) is 8.42 Å². The Kier molecular flexibility index (Phi) is 41.1. The van der Waals surface area contributed by atoms with Gasteiger partial charge < -0.3 is 29.7 Å². The van der Waals surface area contributed by atoms with E-state index in [1.54, 1.807) is 0 Å². The Labute approximate surface area is 276 Å². The normalized spacial score (nSPS) is 11.1. The number of unbranched alkanes of at least 4 members (excludes halogenated alkanes) is 11. The quantitative estimate of drug-likeness (QED) is 0.0714. The van der Waals surface area contributed by atoms with Crippen LogP contribution >= 0.6 is 0 Å². The van der Waals surface area contributed by atoms with E-state index in [1.165, 1.54) is 64.2 Å². The van der Waals surface area contributed by atoms with Crippen LogP contribution in [0.5, 0.6) is 0 Å². The first-order valence-electron chi connectivity index (χ1n) is 11.2. The molecule has 1 unspecified atom stereocenters. The Hall–Kier alpha value is 1.06. The van der Waals surface area contributed by atoms with Crippen LogP contribution in [0.15, 0.2) is 12.2 Å². The van der Waals surface area contributed by atoms with Crippen LogP contribution in [-0.4, -0.2) is 36.1 Å². The molecule has 0 heterocycles. The minimum Gasteiger partial charge on any atom is -0.550 e. The summed E-state index contributed by atoms with van der Waals surface area (Å²) in [7, 11) is -4.94. The van der Waals surface area contributed by atoms with Crippen molar-refractivity contribution >= 4 is 28.0 Å². The summed E-state index contributed by atoms with van der Waals surface area (Å²) in [6, 6.07) is 0. The maximum absolute atomic E-state index is 10.2. The van der Waals surface area contributed by atoms with E-state index in [4.69, 9.17) is 4.55 Å². The van der Waals surface area contributed by atoms with E-state index in [9.17, 15) is 38.1 Å². The fourth-order valence-electron chi connectivity index (χ4n) is 2.80. The number of rotatable bonds is 19. The molecule has 0 rings (SSSR count). The minimum absolute atomic E-state index is 0. The van der Waals surface area contributed by atoms with Crippen molar-refractivity contribution in [3.8, 4) is 0 Å². The fourth-order valence-corrected chi connectivity index (χ4v) is 3.39. The van der Waals surface area contributed by atoms with Gasteiger partial charge in [0.05, 0.1) is 5.97 Å². The van der Waals surface area contributed by atoms with E-state index in [2.05, 4.69) is 19.1 Å². The average Bonchev–Trinajstić information content (AvgIpc) is 2.68. The first kappa shape index (κ1) is 45.9. The maximum Gasteiger partial charge on any atom is 1.00 e. The summed E-state index contributed by atoms with van der Waals surface area (Å²) in [5.74, 6) is -4.99. The van der Waals surface area contributed by atoms with Crippen molar-refractivity contribution < 1.29 is 131 Å². The van der Waals surface area contributed by atoms with Crippen LogP contribution in [0, 0.1) is 0 Å². The summed E-state index contributed by atoms with van der Waals surface area (Å²) in [5.41, 5.74) is 0. The number of carbonyl (C=O) groups is 3. The standard InChI is InChI=1S/C18H34O2.C4H6O7S.3Na/c1-2-3-4-5-6-7-8-9-10-11-12-13-14-15-16-17-18(19)20;5-3(6)1-2(4(7)8)12(9,10)11;;;/h9-10H,2-8,11-17H2,1H3,(H,19,20);2H,1H2,(H,5,6)(H,7,8)(H,9,10,11);;;/q;;3*+1/p-3/b10-9-;;;;. The molecule has 1 N–H and O–H groups in total. The Morgan fingerprint density at radius 1 is 0.714 bits per heavy atom. The van der Waals surface area contributed by atoms with Crippen molar-refractivity contribution in [2.75, 3.05) is 0 Å². The number of carboxylic acids is 3. The second-order valence-corrected chi connectivity index (χ2v) is 9.20. The molecular weight excluding hydrogens is 509 g/mol. The summed E-state index contributed by atoms with van der Waals surface area (Å²) in [5, 5.41) is 27.5. The third kappa shape index (κ3) is 37.3. The van der Waals surface area contributed by atoms with Crippen molar-refractivity contribution in [2.24, 2.45) is 0 Å². The number of carboxylic acid groups (broad SMARTS) is 3. The maximum atomic E-state index is 10.2. The molecule has 0 aliphatic heterocycles. The second kappa shape index (κ2) is 31.3. The molecule has 0 aromatic carbocycles. The minimum atomic E-state index is -4.94. The smallest absolute Gasteiger partial charge is 0.550 e. The number of carbonyl (C=O) groups excluding carboxylic acids is 3. The molecule has 1 atom stereocenters. The molecule has 188 valence electrons. The van der Waals surface area contributed by atoms with E-state index in [0.717, 1.165) is 19.3 Å². The van der Waals surface area contributed by atoms with Gasteiger partial charge in [-0.3, -0.25) is 4.55 Å². The third-order valence-corrected chi connectivity index (χ3v) is 5.70. The van der Waals surface area contributed by atoms with Crippen molar-refractivity contribution in [3.05, 3.63) is 12.2 Å². The van der Waals surface area contributed by atoms with Gasteiger partial charge in [-0.1, -0.05) is 70.4 Å². The van der Waals surface area contributed by atoms with Gasteiger partial charge in [-0.15, -0.1) is 0 Å². The topological polar surface area (TPSA) is 175 Å². The molecule has 0 saturated carbocycles. The molecule has 9 nitrogen and oxygen atoms in total. The van der Waals surface area contributed by atoms with Gasteiger partial charge in [-0.25, -0.2) is 0 Å².